The largest absolute Gasteiger partial charge is 0.487 e. The quantitative estimate of drug-likeness (QED) is 0.498. The molecule has 0 aliphatic carbocycles. The van der Waals surface area contributed by atoms with Gasteiger partial charge >= 0.3 is 5.97 Å². The molecule has 0 aromatic heterocycles. The van der Waals surface area contributed by atoms with Gasteiger partial charge in [0.15, 0.2) is 5.05 Å². The van der Waals surface area contributed by atoms with Gasteiger partial charge in [-0.3, -0.25) is 4.79 Å². The summed E-state index contributed by atoms with van der Waals surface area (Å²) in [5, 5.41) is 0.480. The lowest BCUT2D eigenvalue weighted by atomic mass is 9.86. The van der Waals surface area contributed by atoms with Crippen molar-refractivity contribution < 1.29 is 14.3 Å². The van der Waals surface area contributed by atoms with Crippen LogP contribution in [0.25, 0.3) is 0 Å². The average Bonchev–Trinajstić information content (AvgIpc) is 2.60. The van der Waals surface area contributed by atoms with Crippen molar-refractivity contribution in [1.82, 2.24) is 0 Å². The minimum Gasteiger partial charge on any atom is -0.487 e. The summed E-state index contributed by atoms with van der Waals surface area (Å²) in [5.74, 6) is -0.180. The molecule has 0 amide bonds. The van der Waals surface area contributed by atoms with Gasteiger partial charge in [0, 0.05) is 12.8 Å². The maximum Gasteiger partial charge on any atom is 0.302 e. The molecule has 1 unspecified atom stereocenters. The van der Waals surface area contributed by atoms with Crippen molar-refractivity contribution >= 4 is 23.2 Å². The second-order valence-electron chi connectivity index (χ2n) is 5.85. The van der Waals surface area contributed by atoms with Gasteiger partial charge in [0.2, 0.25) is 0 Å². The van der Waals surface area contributed by atoms with Crippen molar-refractivity contribution in [3.8, 4) is 0 Å². The molecule has 0 saturated heterocycles. The van der Waals surface area contributed by atoms with Crippen LogP contribution in [0.1, 0.15) is 43.7 Å². The highest BCUT2D eigenvalue weighted by Crippen LogP contribution is 2.31. The molecule has 0 bridgehead atoms. The van der Waals surface area contributed by atoms with E-state index in [-0.39, 0.29) is 18.0 Å². The lowest BCUT2D eigenvalue weighted by molar-refractivity contribution is -0.146. The molecule has 2 aromatic carbocycles. The Morgan fingerprint density at radius 1 is 1.00 bits per heavy atom. The lowest BCUT2D eigenvalue weighted by Crippen LogP contribution is -2.23. The van der Waals surface area contributed by atoms with E-state index in [1.54, 1.807) is 0 Å². The number of carbonyl (C=O) groups excluding carboxylic acids is 1. The number of thiocarbonyl (C=S) groups is 1. The number of hydrogen-bond donors (Lipinski definition) is 0. The first kappa shape index (κ1) is 19.1. The molecule has 25 heavy (non-hydrogen) atoms. The van der Waals surface area contributed by atoms with Crippen LogP contribution in [0.15, 0.2) is 60.7 Å². The highest BCUT2D eigenvalue weighted by atomic mass is 32.1. The summed E-state index contributed by atoms with van der Waals surface area (Å²) in [4.78, 5) is 11.5. The Kier molecular flexibility index (Phi) is 7.61. The van der Waals surface area contributed by atoms with Crippen LogP contribution in [0.2, 0.25) is 0 Å². The van der Waals surface area contributed by atoms with Gasteiger partial charge in [-0.1, -0.05) is 60.7 Å². The van der Waals surface area contributed by atoms with Gasteiger partial charge in [0.05, 0.1) is 13.0 Å². The van der Waals surface area contributed by atoms with Crippen molar-refractivity contribution in [3.63, 3.8) is 0 Å². The van der Waals surface area contributed by atoms with Crippen molar-refractivity contribution in [2.45, 2.75) is 38.7 Å². The molecular weight excluding hydrogens is 332 g/mol. The maximum absolute atomic E-state index is 11.5. The van der Waals surface area contributed by atoms with E-state index >= 15 is 0 Å². The Bertz CT molecular complexity index is 631. The topological polar surface area (TPSA) is 35.5 Å². The zero-order valence-corrected chi connectivity index (χ0v) is 15.5. The molecule has 3 nitrogen and oxygen atoms in total. The van der Waals surface area contributed by atoms with Gasteiger partial charge in [-0.25, -0.2) is 0 Å². The standard InChI is InChI=1S/C21H24O3S/c1-3-23-21(25)15-19(24-16(2)22)14-20(17-10-6-4-7-11-17)18-12-8-5-9-13-18/h4-13,19-20H,3,14-15H2,1-2H3. The molecule has 0 saturated carbocycles. The van der Waals surface area contributed by atoms with Crippen molar-refractivity contribution in [2.24, 2.45) is 0 Å². The van der Waals surface area contributed by atoms with Crippen LogP contribution in [0.5, 0.6) is 0 Å². The van der Waals surface area contributed by atoms with Crippen LogP contribution in [-0.4, -0.2) is 23.7 Å². The normalized spacial score (nSPS) is 11.8. The Labute approximate surface area is 155 Å². The lowest BCUT2D eigenvalue weighted by Gasteiger charge is -2.24. The number of carbonyl (C=O) groups is 1. The molecule has 2 aromatic rings. The van der Waals surface area contributed by atoms with E-state index in [1.165, 1.54) is 18.1 Å². The van der Waals surface area contributed by atoms with Crippen molar-refractivity contribution in [2.75, 3.05) is 6.61 Å². The first-order valence-corrected chi connectivity index (χ1v) is 8.93. The van der Waals surface area contributed by atoms with Gasteiger partial charge in [-0.05, 0) is 36.7 Å². The summed E-state index contributed by atoms with van der Waals surface area (Å²) in [5.41, 5.74) is 2.38. The molecule has 0 aliphatic heterocycles. The Morgan fingerprint density at radius 2 is 1.52 bits per heavy atom. The molecular formula is C21H24O3S. The van der Waals surface area contributed by atoms with Gasteiger partial charge in [-0.2, -0.15) is 0 Å². The molecule has 4 heteroatoms. The average molecular weight is 356 g/mol. The predicted octanol–water partition coefficient (Wildman–Crippen LogP) is 4.89. The van der Waals surface area contributed by atoms with Gasteiger partial charge in [0.25, 0.3) is 0 Å². The summed E-state index contributed by atoms with van der Waals surface area (Å²) < 4.78 is 10.9. The SMILES string of the molecule is CCOC(=S)CC(CC(c1ccccc1)c1ccccc1)OC(C)=O. The first-order valence-electron chi connectivity index (χ1n) is 8.52. The van der Waals surface area contributed by atoms with Crippen molar-refractivity contribution in [3.05, 3.63) is 71.8 Å². The van der Waals surface area contributed by atoms with E-state index in [1.807, 2.05) is 43.3 Å². The molecule has 0 aliphatic rings. The Morgan fingerprint density at radius 3 is 1.96 bits per heavy atom. The Hall–Kier alpha value is -2.20. The minimum atomic E-state index is -0.318. The van der Waals surface area contributed by atoms with Crippen molar-refractivity contribution in [1.29, 1.82) is 0 Å². The predicted molar refractivity (Wildman–Crippen MR) is 104 cm³/mol. The van der Waals surface area contributed by atoms with Crippen LogP contribution in [0, 0.1) is 0 Å². The number of rotatable bonds is 8. The van der Waals surface area contributed by atoms with E-state index in [0.29, 0.717) is 24.5 Å². The van der Waals surface area contributed by atoms with E-state index < -0.39 is 0 Å². The highest BCUT2D eigenvalue weighted by Gasteiger charge is 2.23. The summed E-state index contributed by atoms with van der Waals surface area (Å²) in [6, 6.07) is 20.5. The molecule has 0 N–H and O–H groups in total. The second-order valence-corrected chi connectivity index (χ2v) is 6.31. The smallest absolute Gasteiger partial charge is 0.302 e. The third-order valence-electron chi connectivity index (χ3n) is 3.93. The van der Waals surface area contributed by atoms with Crippen LogP contribution >= 0.6 is 12.2 Å². The van der Waals surface area contributed by atoms with Gasteiger partial charge < -0.3 is 9.47 Å². The van der Waals surface area contributed by atoms with Crippen LogP contribution in [0.4, 0.5) is 0 Å². The fourth-order valence-electron chi connectivity index (χ4n) is 2.91. The summed E-state index contributed by atoms with van der Waals surface area (Å²) >= 11 is 5.25. The molecule has 0 spiro atoms. The monoisotopic (exact) mass is 356 g/mol. The molecule has 2 rings (SSSR count). The highest BCUT2D eigenvalue weighted by molar-refractivity contribution is 7.80. The number of hydrogen-bond acceptors (Lipinski definition) is 4. The van der Waals surface area contributed by atoms with Crippen LogP contribution in [0.3, 0.4) is 0 Å². The fraction of sp³-hybridized carbons (Fsp3) is 0.333. The van der Waals surface area contributed by atoms with E-state index in [9.17, 15) is 4.79 Å². The van der Waals surface area contributed by atoms with Crippen LogP contribution < -0.4 is 0 Å². The summed E-state index contributed by atoms with van der Waals surface area (Å²) in [7, 11) is 0. The molecule has 0 fully saturated rings. The van der Waals surface area contributed by atoms with E-state index in [0.717, 1.165) is 0 Å². The zero-order chi connectivity index (χ0) is 18.1. The minimum absolute atomic E-state index is 0.121. The van der Waals surface area contributed by atoms with Crippen LogP contribution in [-0.2, 0) is 14.3 Å². The summed E-state index contributed by atoms with van der Waals surface area (Å²) in [6.45, 7) is 3.84. The Balaban J connectivity index is 2.25. The molecule has 0 radical (unpaired) electrons. The fourth-order valence-corrected chi connectivity index (χ4v) is 3.22. The first-order chi connectivity index (χ1) is 12.1. The third-order valence-corrected chi connectivity index (χ3v) is 4.22. The van der Waals surface area contributed by atoms with Gasteiger partial charge in [-0.15, -0.1) is 0 Å². The molecule has 1 atom stereocenters. The zero-order valence-electron chi connectivity index (χ0n) is 14.7. The molecule has 132 valence electrons. The number of benzene rings is 2. The second kappa shape index (κ2) is 9.94. The third kappa shape index (κ3) is 6.31. The van der Waals surface area contributed by atoms with E-state index in [2.05, 4.69) is 24.3 Å². The van der Waals surface area contributed by atoms with E-state index in [4.69, 9.17) is 21.7 Å². The number of ether oxygens (including phenoxy) is 2. The van der Waals surface area contributed by atoms with Gasteiger partial charge in [0.1, 0.15) is 6.10 Å². The molecule has 0 heterocycles. The number of esters is 1. The summed E-state index contributed by atoms with van der Waals surface area (Å²) in [6.07, 6.45) is 0.765. The maximum atomic E-state index is 11.5.